The second-order valence-electron chi connectivity index (χ2n) is 5.90. The summed E-state index contributed by atoms with van der Waals surface area (Å²) in [5.41, 5.74) is 0.894. The van der Waals surface area contributed by atoms with Gasteiger partial charge in [-0.25, -0.2) is 4.39 Å². The van der Waals surface area contributed by atoms with E-state index in [1.807, 2.05) is 0 Å². The SMILES string of the molecule is CN(CC(=O)Cc1ccc(F)cc1)C1CCCCCC1. The fourth-order valence-electron chi connectivity index (χ4n) is 2.99. The van der Waals surface area contributed by atoms with E-state index in [9.17, 15) is 9.18 Å². The first-order valence-corrected chi connectivity index (χ1v) is 7.61. The summed E-state index contributed by atoms with van der Waals surface area (Å²) in [7, 11) is 2.05. The molecule has 1 fully saturated rings. The Labute approximate surface area is 121 Å². The molecule has 0 unspecified atom stereocenters. The topological polar surface area (TPSA) is 20.3 Å². The molecule has 0 atom stereocenters. The highest BCUT2D eigenvalue weighted by molar-refractivity contribution is 5.82. The van der Waals surface area contributed by atoms with Crippen molar-refractivity contribution in [3.05, 3.63) is 35.6 Å². The number of carbonyl (C=O) groups excluding carboxylic acids is 1. The Morgan fingerprint density at radius 1 is 1.15 bits per heavy atom. The minimum atomic E-state index is -0.253. The van der Waals surface area contributed by atoms with E-state index < -0.39 is 0 Å². The van der Waals surface area contributed by atoms with Gasteiger partial charge in [-0.15, -0.1) is 0 Å². The van der Waals surface area contributed by atoms with Crippen molar-refractivity contribution in [2.24, 2.45) is 0 Å². The van der Waals surface area contributed by atoms with Crippen molar-refractivity contribution in [1.82, 2.24) is 4.90 Å². The quantitative estimate of drug-likeness (QED) is 0.767. The molecule has 0 N–H and O–H groups in total. The molecule has 0 amide bonds. The Morgan fingerprint density at radius 2 is 1.75 bits per heavy atom. The lowest BCUT2D eigenvalue weighted by Gasteiger charge is -2.26. The lowest BCUT2D eigenvalue weighted by molar-refractivity contribution is -0.119. The molecule has 0 spiro atoms. The van der Waals surface area contributed by atoms with Crippen LogP contribution in [0.1, 0.15) is 44.1 Å². The van der Waals surface area contributed by atoms with Crippen LogP contribution in [-0.2, 0) is 11.2 Å². The summed E-state index contributed by atoms with van der Waals surface area (Å²) < 4.78 is 12.8. The van der Waals surface area contributed by atoms with Gasteiger partial charge in [-0.05, 0) is 37.6 Å². The third kappa shape index (κ3) is 4.71. The third-order valence-corrected chi connectivity index (χ3v) is 4.19. The number of carbonyl (C=O) groups is 1. The van der Waals surface area contributed by atoms with Crippen LogP contribution < -0.4 is 0 Å². The molecular formula is C17H24FNO. The van der Waals surface area contributed by atoms with Crippen LogP contribution in [0.3, 0.4) is 0 Å². The van der Waals surface area contributed by atoms with E-state index in [1.165, 1.54) is 50.7 Å². The van der Waals surface area contributed by atoms with Crippen molar-refractivity contribution in [3.63, 3.8) is 0 Å². The Bertz CT molecular complexity index is 421. The number of ketones is 1. The molecule has 3 heteroatoms. The standard InChI is InChI=1S/C17H24FNO/c1-19(16-6-4-2-3-5-7-16)13-17(20)12-14-8-10-15(18)11-9-14/h8-11,16H,2-7,12-13H2,1H3. The van der Waals surface area contributed by atoms with Crippen molar-refractivity contribution in [2.75, 3.05) is 13.6 Å². The van der Waals surface area contributed by atoms with Crippen molar-refractivity contribution >= 4 is 5.78 Å². The Morgan fingerprint density at radius 3 is 2.35 bits per heavy atom. The van der Waals surface area contributed by atoms with E-state index in [2.05, 4.69) is 11.9 Å². The maximum absolute atomic E-state index is 12.8. The molecule has 110 valence electrons. The summed E-state index contributed by atoms with van der Waals surface area (Å²) in [5, 5.41) is 0. The summed E-state index contributed by atoms with van der Waals surface area (Å²) in [6, 6.07) is 6.77. The van der Waals surface area contributed by atoms with Crippen LogP contribution in [0.15, 0.2) is 24.3 Å². The lowest BCUT2D eigenvalue weighted by Crippen LogP contribution is -2.36. The molecule has 1 aliphatic rings. The molecule has 20 heavy (non-hydrogen) atoms. The van der Waals surface area contributed by atoms with E-state index in [1.54, 1.807) is 12.1 Å². The van der Waals surface area contributed by atoms with Crippen molar-refractivity contribution < 1.29 is 9.18 Å². The number of halogens is 1. The molecule has 1 aromatic rings. The fraction of sp³-hybridized carbons (Fsp3) is 0.588. The maximum Gasteiger partial charge on any atom is 0.151 e. The summed E-state index contributed by atoms with van der Waals surface area (Å²) in [5.74, 6) is -0.0415. The normalized spacial score (nSPS) is 17.1. The number of benzene rings is 1. The average molecular weight is 277 g/mol. The van der Waals surface area contributed by atoms with E-state index in [4.69, 9.17) is 0 Å². The third-order valence-electron chi connectivity index (χ3n) is 4.19. The zero-order valence-electron chi connectivity index (χ0n) is 12.3. The first-order valence-electron chi connectivity index (χ1n) is 7.61. The van der Waals surface area contributed by atoms with Gasteiger partial charge in [0.2, 0.25) is 0 Å². The van der Waals surface area contributed by atoms with Crippen LogP contribution >= 0.6 is 0 Å². The van der Waals surface area contributed by atoms with Crippen LogP contribution in [0, 0.1) is 5.82 Å². The predicted molar refractivity (Wildman–Crippen MR) is 79.2 cm³/mol. The average Bonchev–Trinajstić information content (AvgIpc) is 2.70. The van der Waals surface area contributed by atoms with E-state index in [-0.39, 0.29) is 11.6 Å². The largest absolute Gasteiger partial charge is 0.298 e. The smallest absolute Gasteiger partial charge is 0.151 e. The highest BCUT2D eigenvalue weighted by Gasteiger charge is 2.18. The molecule has 0 radical (unpaired) electrons. The molecular weight excluding hydrogens is 253 g/mol. The number of likely N-dealkylation sites (N-methyl/N-ethyl adjacent to an activating group) is 1. The molecule has 1 aromatic carbocycles. The second-order valence-corrected chi connectivity index (χ2v) is 5.90. The lowest BCUT2D eigenvalue weighted by atomic mass is 10.1. The predicted octanol–water partition coefficient (Wildman–Crippen LogP) is 3.59. The highest BCUT2D eigenvalue weighted by atomic mass is 19.1. The van der Waals surface area contributed by atoms with E-state index in [0.29, 0.717) is 19.0 Å². The summed E-state index contributed by atoms with van der Waals surface area (Å²) in [6.07, 6.45) is 8.03. The Kier molecular flexibility index (Phi) is 5.72. The number of hydrogen-bond acceptors (Lipinski definition) is 2. The molecule has 0 heterocycles. The van der Waals surface area contributed by atoms with Gasteiger partial charge < -0.3 is 0 Å². The van der Waals surface area contributed by atoms with Crippen LogP contribution in [0.2, 0.25) is 0 Å². The van der Waals surface area contributed by atoms with Gasteiger partial charge in [0, 0.05) is 12.5 Å². The summed E-state index contributed by atoms with van der Waals surface area (Å²) >= 11 is 0. The molecule has 1 saturated carbocycles. The molecule has 0 saturated heterocycles. The maximum atomic E-state index is 12.8. The van der Waals surface area contributed by atoms with Gasteiger partial charge in [0.05, 0.1) is 6.54 Å². The molecule has 2 nitrogen and oxygen atoms in total. The Balaban J connectivity index is 1.82. The molecule has 0 bridgehead atoms. The first-order chi connectivity index (χ1) is 9.65. The molecule has 1 aliphatic carbocycles. The van der Waals surface area contributed by atoms with Gasteiger partial charge in [0.25, 0.3) is 0 Å². The minimum Gasteiger partial charge on any atom is -0.298 e. The van der Waals surface area contributed by atoms with Gasteiger partial charge in [-0.2, -0.15) is 0 Å². The van der Waals surface area contributed by atoms with Gasteiger partial charge in [-0.3, -0.25) is 9.69 Å². The number of hydrogen-bond donors (Lipinski definition) is 0. The number of nitrogens with zero attached hydrogens (tertiary/aromatic N) is 1. The minimum absolute atomic E-state index is 0.211. The van der Waals surface area contributed by atoms with Crippen molar-refractivity contribution in [1.29, 1.82) is 0 Å². The highest BCUT2D eigenvalue weighted by Crippen LogP contribution is 2.21. The molecule has 0 aliphatic heterocycles. The van der Waals surface area contributed by atoms with E-state index >= 15 is 0 Å². The first kappa shape index (κ1) is 15.2. The molecule has 0 aromatic heterocycles. The Hall–Kier alpha value is -1.22. The summed E-state index contributed by atoms with van der Waals surface area (Å²) in [4.78, 5) is 14.3. The zero-order valence-corrected chi connectivity index (χ0v) is 12.3. The summed E-state index contributed by atoms with van der Waals surface area (Å²) in [6.45, 7) is 0.502. The van der Waals surface area contributed by atoms with Crippen LogP contribution in [0.5, 0.6) is 0 Å². The number of Topliss-reactive ketones (excluding diaryl/α,β-unsaturated/α-hetero) is 1. The monoisotopic (exact) mass is 277 g/mol. The van der Waals surface area contributed by atoms with Crippen molar-refractivity contribution in [3.8, 4) is 0 Å². The fourth-order valence-corrected chi connectivity index (χ4v) is 2.99. The van der Waals surface area contributed by atoms with Gasteiger partial charge in [-0.1, -0.05) is 37.8 Å². The molecule has 2 rings (SSSR count). The number of rotatable bonds is 5. The van der Waals surface area contributed by atoms with Gasteiger partial charge in [0.1, 0.15) is 5.82 Å². The second kappa shape index (κ2) is 7.53. The van der Waals surface area contributed by atoms with Crippen LogP contribution in [-0.4, -0.2) is 30.3 Å². The van der Waals surface area contributed by atoms with Crippen molar-refractivity contribution in [2.45, 2.75) is 51.0 Å². The van der Waals surface area contributed by atoms with Crippen LogP contribution in [0.4, 0.5) is 4.39 Å². The zero-order chi connectivity index (χ0) is 14.4. The van der Waals surface area contributed by atoms with E-state index in [0.717, 1.165) is 5.56 Å². The van der Waals surface area contributed by atoms with Crippen LogP contribution in [0.25, 0.3) is 0 Å². The van der Waals surface area contributed by atoms with Gasteiger partial charge >= 0.3 is 0 Å². The van der Waals surface area contributed by atoms with Gasteiger partial charge in [0.15, 0.2) is 5.78 Å².